The van der Waals surface area contributed by atoms with Crippen molar-refractivity contribution in [1.29, 1.82) is 0 Å². The lowest BCUT2D eigenvalue weighted by atomic mass is 10.2. The van der Waals surface area contributed by atoms with Crippen LogP contribution in [0.5, 0.6) is 0 Å². The summed E-state index contributed by atoms with van der Waals surface area (Å²) in [6, 6.07) is 4.52. The number of amides is 1. The van der Waals surface area contributed by atoms with E-state index in [1.165, 1.54) is 6.07 Å². The van der Waals surface area contributed by atoms with Gasteiger partial charge < -0.3 is 5.32 Å². The van der Waals surface area contributed by atoms with Gasteiger partial charge in [-0.1, -0.05) is 6.07 Å². The van der Waals surface area contributed by atoms with Crippen LogP contribution in [-0.2, 0) is 4.79 Å². The van der Waals surface area contributed by atoms with Crippen LogP contribution in [0.15, 0.2) is 22.7 Å². The molecule has 0 aliphatic heterocycles. The standard InChI is InChI=1S/C10H10BrClFNO/c11-7-3-1-4-8(13)10(7)14-9(15)5-2-6-12/h1,3-4H,2,5-6H2,(H,14,15). The van der Waals surface area contributed by atoms with Crippen LogP contribution in [0.1, 0.15) is 12.8 Å². The second-order valence-electron chi connectivity index (χ2n) is 2.94. The molecule has 1 aromatic rings. The number of carbonyl (C=O) groups is 1. The summed E-state index contributed by atoms with van der Waals surface area (Å²) in [6.07, 6.45) is 0.879. The number of carbonyl (C=O) groups excluding carboxylic acids is 1. The van der Waals surface area contributed by atoms with Crippen molar-refractivity contribution in [3.8, 4) is 0 Å². The summed E-state index contributed by atoms with van der Waals surface area (Å²) in [5.41, 5.74) is 0.178. The van der Waals surface area contributed by atoms with Gasteiger partial charge in [0.2, 0.25) is 5.91 Å². The lowest BCUT2D eigenvalue weighted by Gasteiger charge is -2.07. The first-order valence-corrected chi connectivity index (χ1v) is 5.77. The molecule has 0 aromatic heterocycles. The van der Waals surface area contributed by atoms with Gasteiger partial charge in [0.05, 0.1) is 5.69 Å². The highest BCUT2D eigenvalue weighted by atomic mass is 79.9. The van der Waals surface area contributed by atoms with E-state index < -0.39 is 5.82 Å². The average Bonchev–Trinajstić information content (AvgIpc) is 2.21. The average molecular weight is 295 g/mol. The maximum absolute atomic E-state index is 13.3. The molecular weight excluding hydrogens is 284 g/mol. The molecule has 0 bridgehead atoms. The number of nitrogens with one attached hydrogen (secondary N) is 1. The van der Waals surface area contributed by atoms with Crippen LogP contribution in [0.25, 0.3) is 0 Å². The highest BCUT2D eigenvalue weighted by molar-refractivity contribution is 9.10. The summed E-state index contributed by atoms with van der Waals surface area (Å²) in [6.45, 7) is 0. The molecule has 0 fully saturated rings. The van der Waals surface area contributed by atoms with Crippen molar-refractivity contribution in [2.75, 3.05) is 11.2 Å². The van der Waals surface area contributed by atoms with Crippen LogP contribution < -0.4 is 5.32 Å². The van der Waals surface area contributed by atoms with Crippen molar-refractivity contribution in [3.05, 3.63) is 28.5 Å². The van der Waals surface area contributed by atoms with Crippen molar-refractivity contribution >= 4 is 39.1 Å². The molecule has 82 valence electrons. The Bertz CT molecular complexity index is 339. The fourth-order valence-electron chi connectivity index (χ4n) is 1.05. The lowest BCUT2D eigenvalue weighted by Crippen LogP contribution is -2.12. The van der Waals surface area contributed by atoms with Gasteiger partial charge in [0.15, 0.2) is 0 Å². The van der Waals surface area contributed by atoms with Crippen molar-refractivity contribution in [2.24, 2.45) is 0 Å². The van der Waals surface area contributed by atoms with E-state index in [4.69, 9.17) is 11.6 Å². The Balaban J connectivity index is 2.68. The molecule has 0 aliphatic rings. The number of halogens is 3. The third-order valence-electron chi connectivity index (χ3n) is 1.76. The fourth-order valence-corrected chi connectivity index (χ4v) is 1.62. The van der Waals surface area contributed by atoms with Crippen molar-refractivity contribution < 1.29 is 9.18 Å². The van der Waals surface area contributed by atoms with E-state index in [0.717, 1.165) is 0 Å². The van der Waals surface area contributed by atoms with E-state index in [9.17, 15) is 9.18 Å². The Kier molecular flexibility index (Phi) is 5.05. The van der Waals surface area contributed by atoms with Gasteiger partial charge in [0.1, 0.15) is 5.82 Å². The maximum atomic E-state index is 13.3. The molecule has 1 rings (SSSR count). The molecule has 0 unspecified atom stereocenters. The van der Waals surface area contributed by atoms with Gasteiger partial charge >= 0.3 is 0 Å². The number of benzene rings is 1. The highest BCUT2D eigenvalue weighted by Gasteiger charge is 2.09. The summed E-state index contributed by atoms with van der Waals surface area (Å²) in [5.74, 6) is -0.267. The van der Waals surface area contributed by atoms with Gasteiger partial charge in [-0.25, -0.2) is 4.39 Å². The third kappa shape index (κ3) is 3.80. The topological polar surface area (TPSA) is 29.1 Å². The molecule has 15 heavy (non-hydrogen) atoms. The van der Waals surface area contributed by atoms with Crippen LogP contribution in [0, 0.1) is 5.82 Å². The molecular formula is C10H10BrClFNO. The third-order valence-corrected chi connectivity index (χ3v) is 2.69. The second kappa shape index (κ2) is 6.08. The molecule has 0 heterocycles. The molecule has 1 aromatic carbocycles. The second-order valence-corrected chi connectivity index (χ2v) is 4.17. The van der Waals surface area contributed by atoms with Crippen LogP contribution in [0.4, 0.5) is 10.1 Å². The van der Waals surface area contributed by atoms with E-state index in [2.05, 4.69) is 21.2 Å². The Hall–Kier alpha value is -0.610. The van der Waals surface area contributed by atoms with Gasteiger partial charge in [-0.3, -0.25) is 4.79 Å². The number of para-hydroxylation sites is 1. The summed E-state index contributed by atoms with van der Waals surface area (Å²) < 4.78 is 13.8. The van der Waals surface area contributed by atoms with Crippen LogP contribution >= 0.6 is 27.5 Å². The lowest BCUT2D eigenvalue weighted by molar-refractivity contribution is -0.116. The van der Waals surface area contributed by atoms with Crippen LogP contribution in [0.2, 0.25) is 0 Å². The first kappa shape index (κ1) is 12.5. The van der Waals surface area contributed by atoms with Gasteiger partial charge in [-0.05, 0) is 34.5 Å². The number of hydrogen-bond acceptors (Lipinski definition) is 1. The van der Waals surface area contributed by atoms with Crippen LogP contribution in [0.3, 0.4) is 0 Å². The fraction of sp³-hybridized carbons (Fsp3) is 0.300. The largest absolute Gasteiger partial charge is 0.323 e. The van der Waals surface area contributed by atoms with E-state index in [0.29, 0.717) is 23.2 Å². The summed E-state index contributed by atoms with van der Waals surface area (Å²) in [4.78, 5) is 11.3. The molecule has 0 saturated heterocycles. The SMILES string of the molecule is O=C(CCCCl)Nc1c(F)cccc1Br. The molecule has 0 saturated carbocycles. The van der Waals surface area contributed by atoms with Crippen molar-refractivity contribution in [2.45, 2.75) is 12.8 Å². The Labute approximate surface area is 101 Å². The van der Waals surface area contributed by atoms with Crippen molar-refractivity contribution in [1.82, 2.24) is 0 Å². The van der Waals surface area contributed by atoms with E-state index >= 15 is 0 Å². The van der Waals surface area contributed by atoms with Crippen LogP contribution in [-0.4, -0.2) is 11.8 Å². The molecule has 0 atom stereocenters. The number of rotatable bonds is 4. The van der Waals surface area contributed by atoms with Gasteiger partial charge in [0, 0.05) is 16.8 Å². The van der Waals surface area contributed by atoms with Gasteiger partial charge in [-0.15, -0.1) is 11.6 Å². The highest BCUT2D eigenvalue weighted by Crippen LogP contribution is 2.25. The number of hydrogen-bond donors (Lipinski definition) is 1. The first-order valence-electron chi connectivity index (χ1n) is 4.45. The monoisotopic (exact) mass is 293 g/mol. The summed E-state index contributed by atoms with van der Waals surface area (Å²) >= 11 is 8.61. The summed E-state index contributed by atoms with van der Waals surface area (Å²) in [7, 11) is 0. The molecule has 5 heteroatoms. The Morgan fingerprint density at radius 1 is 1.53 bits per heavy atom. The zero-order valence-corrected chi connectivity index (χ0v) is 10.2. The number of anilines is 1. The molecule has 0 aliphatic carbocycles. The first-order chi connectivity index (χ1) is 7.15. The summed E-state index contributed by atoms with van der Waals surface area (Å²) in [5, 5.41) is 2.49. The zero-order chi connectivity index (χ0) is 11.3. The Morgan fingerprint density at radius 2 is 2.27 bits per heavy atom. The van der Waals surface area contributed by atoms with Gasteiger partial charge in [-0.2, -0.15) is 0 Å². The maximum Gasteiger partial charge on any atom is 0.224 e. The quantitative estimate of drug-likeness (QED) is 0.846. The van der Waals surface area contributed by atoms with Crippen molar-refractivity contribution in [3.63, 3.8) is 0 Å². The van der Waals surface area contributed by atoms with E-state index in [1.807, 2.05) is 0 Å². The normalized spacial score (nSPS) is 10.1. The zero-order valence-electron chi connectivity index (χ0n) is 7.90. The smallest absolute Gasteiger partial charge is 0.224 e. The van der Waals surface area contributed by atoms with E-state index in [-0.39, 0.29) is 11.6 Å². The van der Waals surface area contributed by atoms with Gasteiger partial charge in [0.25, 0.3) is 0 Å². The molecule has 1 amide bonds. The minimum Gasteiger partial charge on any atom is -0.323 e. The minimum atomic E-state index is -0.455. The van der Waals surface area contributed by atoms with E-state index in [1.54, 1.807) is 12.1 Å². The number of alkyl halides is 1. The predicted octanol–water partition coefficient (Wildman–Crippen LogP) is 3.55. The molecule has 0 spiro atoms. The molecule has 0 radical (unpaired) electrons. The minimum absolute atomic E-state index is 0.178. The molecule has 2 nitrogen and oxygen atoms in total. The Morgan fingerprint density at radius 3 is 2.87 bits per heavy atom. The predicted molar refractivity (Wildman–Crippen MR) is 62.7 cm³/mol. The molecule has 1 N–H and O–H groups in total.